The fraction of sp³-hybridized carbons (Fsp3) is 0.621. The lowest BCUT2D eigenvalue weighted by Crippen LogP contribution is -2.55. The molecule has 2 heterocycles. The van der Waals surface area contributed by atoms with Gasteiger partial charge < -0.3 is 55.5 Å². The van der Waals surface area contributed by atoms with Gasteiger partial charge in [0.1, 0.15) is 18.1 Å². The number of cyclic esters (lactones) is 1. The second-order valence-electron chi connectivity index (χ2n) is 11.9. The van der Waals surface area contributed by atoms with E-state index in [1.54, 1.807) is 0 Å². The van der Waals surface area contributed by atoms with Crippen molar-refractivity contribution in [2.75, 3.05) is 41.3 Å². The van der Waals surface area contributed by atoms with Crippen LogP contribution in [0.4, 0.5) is 0 Å². The Morgan fingerprint density at radius 2 is 1.69 bits per heavy atom. The van der Waals surface area contributed by atoms with E-state index >= 15 is 0 Å². The van der Waals surface area contributed by atoms with Gasteiger partial charge in [0.15, 0.2) is 11.9 Å². The number of carbonyl (C=O) groups is 6. The summed E-state index contributed by atoms with van der Waals surface area (Å²) in [7, 11) is 1.85. The van der Waals surface area contributed by atoms with Crippen LogP contribution in [0.5, 0.6) is 0 Å². The molecule has 1 aromatic heterocycles. The van der Waals surface area contributed by atoms with E-state index in [1.807, 2.05) is 0 Å². The highest BCUT2D eigenvalue weighted by Crippen LogP contribution is 2.53. The highest BCUT2D eigenvalue weighted by molar-refractivity contribution is 7.54. The van der Waals surface area contributed by atoms with Gasteiger partial charge in [0.25, 0.3) is 5.76 Å². The molecule has 0 saturated carbocycles. The fourth-order valence-electron chi connectivity index (χ4n) is 4.46. The van der Waals surface area contributed by atoms with Crippen LogP contribution in [0.25, 0.3) is 0 Å². The Bertz CT molecular complexity index is 1480. The zero-order valence-corrected chi connectivity index (χ0v) is 30.3. The number of aliphatic carboxylic acids is 1. The molecule has 1 aromatic rings. The number of hydrogen-bond donors (Lipinski definition) is 8. The molecular formula is C29H47N8O14P. The van der Waals surface area contributed by atoms with Crippen LogP contribution in [0, 0.1) is 0 Å². The van der Waals surface area contributed by atoms with Crippen molar-refractivity contribution in [3.05, 3.63) is 29.7 Å². The number of esters is 2. The molecular weight excluding hydrogens is 715 g/mol. The molecule has 0 spiro atoms. The summed E-state index contributed by atoms with van der Waals surface area (Å²) in [5.41, 5.74) is 8.12. The van der Waals surface area contributed by atoms with Crippen LogP contribution in [0.2, 0.25) is 0 Å². The third-order valence-electron chi connectivity index (χ3n) is 7.39. The molecule has 5 atom stereocenters. The van der Waals surface area contributed by atoms with Crippen molar-refractivity contribution in [1.82, 2.24) is 35.4 Å². The Morgan fingerprint density at radius 1 is 1.06 bits per heavy atom. The lowest BCUT2D eigenvalue weighted by atomic mass is 10.1. The van der Waals surface area contributed by atoms with Crippen molar-refractivity contribution in [3.63, 3.8) is 0 Å². The highest BCUT2D eigenvalue weighted by Gasteiger charge is 2.46. The number of carbonyl (C=O) groups excluding carboxylic acids is 5. The van der Waals surface area contributed by atoms with Gasteiger partial charge in [-0.1, -0.05) is 0 Å². The number of amides is 2. The molecule has 5 unspecified atom stereocenters. The van der Waals surface area contributed by atoms with E-state index in [0.29, 0.717) is 25.1 Å². The van der Waals surface area contributed by atoms with Gasteiger partial charge in [-0.15, -0.1) is 5.48 Å². The lowest BCUT2D eigenvalue weighted by molar-refractivity contribution is -0.167. The van der Waals surface area contributed by atoms with Crippen LogP contribution in [-0.4, -0.2) is 142 Å². The number of aromatic amines is 1. The van der Waals surface area contributed by atoms with Crippen molar-refractivity contribution in [1.29, 1.82) is 0 Å². The molecule has 0 aromatic carbocycles. The summed E-state index contributed by atoms with van der Waals surface area (Å²) in [6.07, 6.45) is -0.702. The largest absolute Gasteiger partial charge is 0.505 e. The van der Waals surface area contributed by atoms with Crippen LogP contribution >= 0.6 is 7.67 Å². The number of hydrogen-bond acceptors (Lipinski definition) is 16. The number of H-pyrrole nitrogens is 1. The van der Waals surface area contributed by atoms with Crippen LogP contribution in [0.15, 0.2) is 24.0 Å². The summed E-state index contributed by atoms with van der Waals surface area (Å²) in [4.78, 5) is 86.3. The van der Waals surface area contributed by atoms with Crippen molar-refractivity contribution in [2.24, 2.45) is 5.73 Å². The molecule has 2 rings (SSSR count). The third kappa shape index (κ3) is 12.6. The van der Waals surface area contributed by atoms with Gasteiger partial charge in [0.2, 0.25) is 17.9 Å². The van der Waals surface area contributed by atoms with Gasteiger partial charge in [-0.25, -0.2) is 28.5 Å². The topological polar surface area (TPSA) is 314 Å². The van der Waals surface area contributed by atoms with E-state index in [2.05, 4.69) is 26.1 Å². The first-order valence-electron chi connectivity index (χ1n) is 16.0. The monoisotopic (exact) mass is 762 g/mol. The Balaban J connectivity index is 1.93. The van der Waals surface area contributed by atoms with Crippen molar-refractivity contribution in [2.45, 2.75) is 75.8 Å². The van der Waals surface area contributed by atoms with Crippen molar-refractivity contribution < 1.29 is 67.5 Å². The number of ether oxygens (including phenoxy) is 2. The molecule has 22 nitrogen and oxygen atoms in total. The standard InChI is InChI=1S/C29H47N8O14P/c1-16(26(42)34-19(12-17-13-31-15-32-17)27(43)33-18(28(44)45)8-6-7-11-30)35-50-22(40)10-9-21(39)48-20(14-38)24-23(41)25(29(46)49-24)51-52(47,36(2)3)37(4)5/h13,15-16,18-20,24,35,38,41H,6-12,14,30H2,1-5H3,(H,31,32)(H,33,43)(H,34,42)(H,44,45). The first-order valence-corrected chi connectivity index (χ1v) is 17.5. The lowest BCUT2D eigenvalue weighted by Gasteiger charge is -2.29. The van der Waals surface area contributed by atoms with E-state index in [1.165, 1.54) is 57.0 Å². The molecule has 1 aliphatic rings. The molecule has 0 fully saturated rings. The number of aliphatic hydroxyl groups excluding tert-OH is 2. The number of nitrogens with one attached hydrogen (secondary N) is 4. The maximum absolute atomic E-state index is 13.1. The zero-order valence-electron chi connectivity index (χ0n) is 29.4. The summed E-state index contributed by atoms with van der Waals surface area (Å²) in [6, 6.07) is -3.71. The first kappa shape index (κ1) is 43.6. The fourth-order valence-corrected chi connectivity index (χ4v) is 5.91. The summed E-state index contributed by atoms with van der Waals surface area (Å²) < 4.78 is 30.9. The van der Waals surface area contributed by atoms with E-state index in [0.717, 1.165) is 0 Å². The molecule has 292 valence electrons. The van der Waals surface area contributed by atoms with Crippen LogP contribution in [0.3, 0.4) is 0 Å². The van der Waals surface area contributed by atoms with Gasteiger partial charge >= 0.3 is 31.5 Å². The molecule has 2 amide bonds. The van der Waals surface area contributed by atoms with Gasteiger partial charge in [-0.05, 0) is 60.9 Å². The predicted octanol–water partition coefficient (Wildman–Crippen LogP) is -1.80. The second kappa shape index (κ2) is 20.4. The average molecular weight is 763 g/mol. The number of aromatic nitrogens is 2. The average Bonchev–Trinajstić information content (AvgIpc) is 3.70. The van der Waals surface area contributed by atoms with Crippen molar-refractivity contribution >= 4 is 43.4 Å². The maximum Gasteiger partial charge on any atom is 0.395 e. The number of hydroxylamine groups is 1. The minimum absolute atomic E-state index is 0.0783. The van der Waals surface area contributed by atoms with Crippen LogP contribution < -0.4 is 21.8 Å². The van der Waals surface area contributed by atoms with Crippen molar-refractivity contribution in [3.8, 4) is 0 Å². The van der Waals surface area contributed by atoms with Gasteiger partial charge in [-0.2, -0.15) is 0 Å². The molecule has 0 radical (unpaired) electrons. The van der Waals surface area contributed by atoms with Gasteiger partial charge in [-0.3, -0.25) is 19.2 Å². The Hall–Kier alpha value is -4.60. The second-order valence-corrected chi connectivity index (χ2v) is 14.6. The number of nitrogens with two attached hydrogens (primary N) is 1. The van der Waals surface area contributed by atoms with Crippen LogP contribution in [-0.2, 0) is 58.6 Å². The normalized spacial score (nSPS) is 16.9. The molecule has 52 heavy (non-hydrogen) atoms. The number of rotatable bonds is 23. The molecule has 9 N–H and O–H groups in total. The Kier molecular flexibility index (Phi) is 17.1. The molecule has 0 saturated heterocycles. The van der Waals surface area contributed by atoms with E-state index in [4.69, 9.17) is 24.6 Å². The number of imidazole rings is 1. The van der Waals surface area contributed by atoms with Gasteiger partial charge in [0.05, 0.1) is 25.8 Å². The number of unbranched alkanes of at least 4 members (excludes halogenated alkanes) is 1. The summed E-state index contributed by atoms with van der Waals surface area (Å²) in [5.74, 6) is -7.81. The Morgan fingerprint density at radius 3 is 2.25 bits per heavy atom. The maximum atomic E-state index is 13.1. The predicted molar refractivity (Wildman–Crippen MR) is 177 cm³/mol. The number of aliphatic hydroxyl groups is 2. The number of carboxylic acid groups (broad SMARTS) is 1. The quantitative estimate of drug-likeness (QED) is 0.0200. The Labute approximate surface area is 298 Å². The van der Waals surface area contributed by atoms with E-state index < -0.39 is 105 Å². The first-order chi connectivity index (χ1) is 24.4. The SMILES string of the molecule is CC(NOC(=O)CCC(=O)OC(CO)C1OC(=O)C(OP(=O)(N(C)C)N(C)C)=C1O)C(=O)NC(Cc1cnc[nH]1)C(=O)NC(CCCCN)C(=O)O. The number of carboxylic acids is 1. The molecule has 23 heteroatoms. The van der Waals surface area contributed by atoms with E-state index in [-0.39, 0.29) is 12.8 Å². The van der Waals surface area contributed by atoms with Gasteiger partial charge in [0, 0.05) is 18.3 Å². The van der Waals surface area contributed by atoms with Crippen LogP contribution in [0.1, 0.15) is 44.7 Å². The molecule has 0 aliphatic carbocycles. The molecule has 1 aliphatic heterocycles. The number of nitrogens with zero attached hydrogens (tertiary/aromatic N) is 3. The zero-order chi connectivity index (χ0) is 39.2. The summed E-state index contributed by atoms with van der Waals surface area (Å²) in [5, 5.41) is 34.8. The third-order valence-corrected chi connectivity index (χ3v) is 9.83. The smallest absolute Gasteiger partial charge is 0.395 e. The molecule has 0 bridgehead atoms. The van der Waals surface area contributed by atoms with E-state index in [9.17, 15) is 48.7 Å². The minimum Gasteiger partial charge on any atom is -0.505 e. The highest BCUT2D eigenvalue weighted by atomic mass is 31.2. The summed E-state index contributed by atoms with van der Waals surface area (Å²) >= 11 is 0. The summed E-state index contributed by atoms with van der Waals surface area (Å²) in [6.45, 7) is 0.726. The minimum atomic E-state index is -3.81.